The maximum Gasteiger partial charge on any atom is 0.149 e. The summed E-state index contributed by atoms with van der Waals surface area (Å²) >= 11 is 0. The van der Waals surface area contributed by atoms with Crippen molar-refractivity contribution in [3.8, 4) is 0 Å². The first kappa shape index (κ1) is 12.8. The van der Waals surface area contributed by atoms with Gasteiger partial charge in [-0.1, -0.05) is 19.9 Å². The molecular formula is C15H19FN2. The third-order valence-electron chi connectivity index (χ3n) is 3.16. The van der Waals surface area contributed by atoms with Crippen LogP contribution in [0, 0.1) is 12.7 Å². The van der Waals surface area contributed by atoms with Crippen molar-refractivity contribution in [2.75, 3.05) is 11.9 Å². The molecule has 0 bridgehead atoms. The number of fused-ring (bicyclic) bond motifs is 1. The lowest BCUT2D eigenvalue weighted by molar-refractivity contribution is 0.636. The first-order valence-corrected chi connectivity index (χ1v) is 6.50. The number of nitrogens with zero attached hydrogens (tertiary/aromatic N) is 1. The van der Waals surface area contributed by atoms with Crippen LogP contribution in [0.25, 0.3) is 10.9 Å². The number of nitrogens with one attached hydrogen (secondary N) is 1. The summed E-state index contributed by atoms with van der Waals surface area (Å²) in [6, 6.07) is 5.34. The Morgan fingerprint density at radius 3 is 2.72 bits per heavy atom. The van der Waals surface area contributed by atoms with Gasteiger partial charge >= 0.3 is 0 Å². The lowest BCUT2D eigenvalue weighted by Crippen LogP contribution is -2.06. The third kappa shape index (κ3) is 2.30. The van der Waals surface area contributed by atoms with Gasteiger partial charge in [0.05, 0.1) is 0 Å². The van der Waals surface area contributed by atoms with E-state index >= 15 is 0 Å². The number of anilines is 1. The minimum absolute atomic E-state index is 0.252. The second-order valence-electron chi connectivity index (χ2n) is 4.54. The van der Waals surface area contributed by atoms with Gasteiger partial charge in [-0.05, 0) is 43.0 Å². The molecule has 0 saturated heterocycles. The Morgan fingerprint density at radius 1 is 1.28 bits per heavy atom. The molecular weight excluding hydrogens is 227 g/mol. The van der Waals surface area contributed by atoms with Gasteiger partial charge in [-0.2, -0.15) is 0 Å². The van der Waals surface area contributed by atoms with Crippen LogP contribution in [0.2, 0.25) is 0 Å². The number of hydrogen-bond acceptors (Lipinski definition) is 2. The van der Waals surface area contributed by atoms with Crippen molar-refractivity contribution in [1.82, 2.24) is 4.98 Å². The van der Waals surface area contributed by atoms with Gasteiger partial charge in [0, 0.05) is 11.9 Å². The van der Waals surface area contributed by atoms with Crippen molar-refractivity contribution in [2.24, 2.45) is 0 Å². The minimum Gasteiger partial charge on any atom is -0.370 e. The smallest absolute Gasteiger partial charge is 0.149 e. The Labute approximate surface area is 107 Å². The number of aromatic nitrogens is 1. The zero-order valence-corrected chi connectivity index (χ0v) is 11.2. The molecule has 0 spiro atoms. The molecule has 1 aromatic heterocycles. The Morgan fingerprint density at radius 2 is 2.06 bits per heavy atom. The maximum atomic E-state index is 13.8. The second-order valence-corrected chi connectivity index (χ2v) is 4.54. The highest BCUT2D eigenvalue weighted by Crippen LogP contribution is 2.25. The SMILES string of the molecule is CCCNc1nc2c(F)ccc(C)c2cc1CC. The summed E-state index contributed by atoms with van der Waals surface area (Å²) in [7, 11) is 0. The molecule has 1 N–H and O–H groups in total. The summed E-state index contributed by atoms with van der Waals surface area (Å²) in [5, 5.41) is 4.19. The predicted molar refractivity (Wildman–Crippen MR) is 74.6 cm³/mol. The van der Waals surface area contributed by atoms with Crippen LogP contribution in [0.1, 0.15) is 31.4 Å². The summed E-state index contributed by atoms with van der Waals surface area (Å²) in [5.41, 5.74) is 2.67. The number of rotatable bonds is 4. The Hall–Kier alpha value is -1.64. The van der Waals surface area contributed by atoms with Crippen molar-refractivity contribution < 1.29 is 4.39 Å². The lowest BCUT2D eigenvalue weighted by atomic mass is 10.1. The van der Waals surface area contributed by atoms with Crippen LogP contribution in [0.15, 0.2) is 18.2 Å². The average Bonchev–Trinajstić information content (AvgIpc) is 2.40. The molecule has 0 unspecified atom stereocenters. The Balaban J connectivity index is 2.61. The van der Waals surface area contributed by atoms with E-state index in [1.807, 2.05) is 6.92 Å². The molecule has 1 aromatic carbocycles. The van der Waals surface area contributed by atoms with Gasteiger partial charge in [-0.3, -0.25) is 0 Å². The highest BCUT2D eigenvalue weighted by atomic mass is 19.1. The number of hydrogen-bond donors (Lipinski definition) is 1. The molecule has 0 aliphatic rings. The van der Waals surface area contributed by atoms with E-state index in [0.717, 1.165) is 41.7 Å². The molecule has 0 fully saturated rings. The van der Waals surface area contributed by atoms with Crippen molar-refractivity contribution in [3.63, 3.8) is 0 Å². The van der Waals surface area contributed by atoms with Crippen LogP contribution < -0.4 is 5.32 Å². The molecule has 0 amide bonds. The summed E-state index contributed by atoms with van der Waals surface area (Å²) in [4.78, 5) is 4.46. The molecule has 0 atom stereocenters. The van der Waals surface area contributed by atoms with Crippen LogP contribution in [0.3, 0.4) is 0 Å². The normalized spacial score (nSPS) is 10.9. The second kappa shape index (κ2) is 5.34. The fourth-order valence-electron chi connectivity index (χ4n) is 2.07. The number of halogens is 1. The van der Waals surface area contributed by atoms with Crippen LogP contribution in [-0.4, -0.2) is 11.5 Å². The van der Waals surface area contributed by atoms with Crippen LogP contribution >= 0.6 is 0 Å². The Bertz CT molecular complexity index is 564. The predicted octanol–water partition coefficient (Wildman–Crippen LogP) is 4.07. The first-order chi connectivity index (χ1) is 8.67. The van der Waals surface area contributed by atoms with Gasteiger partial charge in [-0.25, -0.2) is 9.37 Å². The van der Waals surface area contributed by atoms with E-state index in [4.69, 9.17) is 0 Å². The quantitative estimate of drug-likeness (QED) is 0.879. The molecule has 18 heavy (non-hydrogen) atoms. The zero-order valence-electron chi connectivity index (χ0n) is 11.2. The number of pyridine rings is 1. The molecule has 3 heteroatoms. The molecule has 2 rings (SSSR count). The largest absolute Gasteiger partial charge is 0.370 e. The fraction of sp³-hybridized carbons (Fsp3) is 0.400. The van der Waals surface area contributed by atoms with Gasteiger partial charge in [-0.15, -0.1) is 0 Å². The van der Waals surface area contributed by atoms with Gasteiger partial charge in [0.25, 0.3) is 0 Å². The third-order valence-corrected chi connectivity index (χ3v) is 3.16. The zero-order chi connectivity index (χ0) is 13.1. The lowest BCUT2D eigenvalue weighted by Gasteiger charge is -2.12. The molecule has 0 saturated carbocycles. The molecule has 0 aliphatic carbocycles. The molecule has 96 valence electrons. The van der Waals surface area contributed by atoms with Crippen LogP contribution in [0.5, 0.6) is 0 Å². The summed E-state index contributed by atoms with van der Waals surface area (Å²) in [6.07, 6.45) is 1.92. The average molecular weight is 246 g/mol. The molecule has 0 aliphatic heterocycles. The van der Waals surface area contributed by atoms with Crippen molar-refractivity contribution in [1.29, 1.82) is 0 Å². The highest BCUT2D eigenvalue weighted by Gasteiger charge is 2.10. The highest BCUT2D eigenvalue weighted by molar-refractivity contribution is 5.85. The summed E-state index contributed by atoms with van der Waals surface area (Å²) < 4.78 is 13.8. The van der Waals surface area contributed by atoms with E-state index in [9.17, 15) is 4.39 Å². The van der Waals surface area contributed by atoms with E-state index < -0.39 is 0 Å². The maximum absolute atomic E-state index is 13.8. The van der Waals surface area contributed by atoms with Gasteiger partial charge in [0.2, 0.25) is 0 Å². The van der Waals surface area contributed by atoms with E-state index in [0.29, 0.717) is 5.52 Å². The van der Waals surface area contributed by atoms with Crippen molar-refractivity contribution >= 4 is 16.7 Å². The van der Waals surface area contributed by atoms with Crippen LogP contribution in [-0.2, 0) is 6.42 Å². The summed E-state index contributed by atoms with van der Waals surface area (Å²) in [5.74, 6) is 0.564. The van der Waals surface area contributed by atoms with E-state index in [1.165, 1.54) is 6.07 Å². The van der Waals surface area contributed by atoms with E-state index in [-0.39, 0.29) is 5.82 Å². The van der Waals surface area contributed by atoms with Gasteiger partial charge in [0.1, 0.15) is 17.2 Å². The topological polar surface area (TPSA) is 24.9 Å². The van der Waals surface area contributed by atoms with Crippen molar-refractivity contribution in [3.05, 3.63) is 35.1 Å². The van der Waals surface area contributed by atoms with Crippen molar-refractivity contribution in [2.45, 2.75) is 33.6 Å². The fourth-order valence-corrected chi connectivity index (χ4v) is 2.07. The number of benzene rings is 1. The molecule has 0 radical (unpaired) electrons. The Kier molecular flexibility index (Phi) is 3.80. The van der Waals surface area contributed by atoms with E-state index in [2.05, 4.69) is 30.2 Å². The standard InChI is InChI=1S/C15H19FN2/c1-4-8-17-15-11(5-2)9-12-10(3)6-7-13(16)14(12)18-15/h6-7,9H,4-5,8H2,1-3H3,(H,17,18). The first-order valence-electron chi connectivity index (χ1n) is 6.50. The van der Waals surface area contributed by atoms with E-state index in [1.54, 1.807) is 6.07 Å². The van der Waals surface area contributed by atoms with Gasteiger partial charge in [0.15, 0.2) is 0 Å². The monoisotopic (exact) mass is 246 g/mol. The van der Waals surface area contributed by atoms with Gasteiger partial charge < -0.3 is 5.32 Å². The molecule has 1 heterocycles. The van der Waals surface area contributed by atoms with Crippen LogP contribution in [0.4, 0.5) is 10.2 Å². The number of aryl methyl sites for hydroxylation is 2. The molecule has 2 aromatic rings. The summed E-state index contributed by atoms with van der Waals surface area (Å²) in [6.45, 7) is 7.04. The molecule has 2 nitrogen and oxygen atoms in total. The minimum atomic E-state index is -0.252.